The Balaban J connectivity index is 1.23. The third-order valence-corrected chi connectivity index (χ3v) is 5.59. The van der Waals surface area contributed by atoms with Gasteiger partial charge in [-0.15, -0.1) is 10.2 Å². The fourth-order valence-electron chi connectivity index (χ4n) is 3.57. The second-order valence-corrected chi connectivity index (χ2v) is 8.47. The maximum Gasteiger partial charge on any atom is 0.255 e. The number of anilines is 1. The van der Waals surface area contributed by atoms with Crippen molar-refractivity contribution in [2.45, 2.75) is 26.4 Å². The van der Waals surface area contributed by atoms with Crippen molar-refractivity contribution in [3.05, 3.63) is 89.5 Å². The first-order valence-corrected chi connectivity index (χ1v) is 11.1. The van der Waals surface area contributed by atoms with E-state index in [4.69, 9.17) is 9.15 Å². The molecule has 4 aromatic rings. The zero-order valence-corrected chi connectivity index (χ0v) is 18.5. The van der Waals surface area contributed by atoms with E-state index >= 15 is 0 Å². The molecule has 1 fully saturated rings. The van der Waals surface area contributed by atoms with Gasteiger partial charge in [-0.1, -0.05) is 29.8 Å². The number of aromatic nitrogens is 2. The standard InChI is InChI=1S/C27H25N3O3/c1-18-4-2-6-23(14-18)27-30-29-26(33-27)22-12-10-21(11-13-22)25(31)28-24-7-3-5-20(15-24)17-32-16-19-8-9-19/h2-7,10-15,19H,8-9,16-17H2,1H3,(H,28,31). The zero-order chi connectivity index (χ0) is 22.6. The molecular weight excluding hydrogens is 414 g/mol. The summed E-state index contributed by atoms with van der Waals surface area (Å²) in [7, 11) is 0. The minimum absolute atomic E-state index is 0.177. The van der Waals surface area contributed by atoms with E-state index in [-0.39, 0.29) is 5.91 Å². The number of ether oxygens (including phenoxy) is 1. The van der Waals surface area contributed by atoms with Crippen LogP contribution in [0.2, 0.25) is 0 Å². The van der Waals surface area contributed by atoms with E-state index in [0.717, 1.165) is 40.5 Å². The fraction of sp³-hybridized carbons (Fsp3) is 0.222. The number of benzene rings is 3. The highest BCUT2D eigenvalue weighted by molar-refractivity contribution is 6.04. The number of nitrogens with one attached hydrogen (secondary N) is 1. The predicted molar refractivity (Wildman–Crippen MR) is 127 cm³/mol. The van der Waals surface area contributed by atoms with Crippen molar-refractivity contribution in [1.29, 1.82) is 0 Å². The third kappa shape index (κ3) is 5.35. The predicted octanol–water partition coefficient (Wildman–Crippen LogP) is 5.89. The van der Waals surface area contributed by atoms with Gasteiger partial charge in [0.25, 0.3) is 5.91 Å². The number of amides is 1. The maximum atomic E-state index is 12.7. The first-order chi connectivity index (χ1) is 16.1. The Morgan fingerprint density at radius 2 is 1.73 bits per heavy atom. The molecule has 0 saturated heterocycles. The summed E-state index contributed by atoms with van der Waals surface area (Å²) in [4.78, 5) is 12.7. The first-order valence-electron chi connectivity index (χ1n) is 11.1. The van der Waals surface area contributed by atoms with Gasteiger partial charge in [0.15, 0.2) is 0 Å². The molecule has 1 aliphatic rings. The van der Waals surface area contributed by atoms with Crippen LogP contribution in [0.5, 0.6) is 0 Å². The van der Waals surface area contributed by atoms with E-state index in [1.165, 1.54) is 12.8 Å². The summed E-state index contributed by atoms with van der Waals surface area (Å²) in [5.41, 5.74) is 5.10. The molecule has 6 nitrogen and oxygen atoms in total. The summed E-state index contributed by atoms with van der Waals surface area (Å²) >= 11 is 0. The highest BCUT2D eigenvalue weighted by atomic mass is 16.5. The van der Waals surface area contributed by atoms with Gasteiger partial charge in [-0.3, -0.25) is 4.79 Å². The lowest BCUT2D eigenvalue weighted by molar-refractivity contribution is 0.102. The molecule has 1 aromatic heterocycles. The quantitative estimate of drug-likeness (QED) is 0.370. The van der Waals surface area contributed by atoms with E-state index in [9.17, 15) is 4.79 Å². The van der Waals surface area contributed by atoms with Crippen molar-refractivity contribution in [3.8, 4) is 22.9 Å². The molecule has 1 heterocycles. The van der Waals surface area contributed by atoms with Crippen molar-refractivity contribution in [1.82, 2.24) is 10.2 Å². The van der Waals surface area contributed by atoms with Crippen molar-refractivity contribution in [3.63, 3.8) is 0 Å². The van der Waals surface area contributed by atoms with Gasteiger partial charge in [-0.2, -0.15) is 0 Å². The van der Waals surface area contributed by atoms with Crippen LogP contribution < -0.4 is 5.32 Å². The monoisotopic (exact) mass is 439 g/mol. The van der Waals surface area contributed by atoms with Crippen LogP contribution in [-0.2, 0) is 11.3 Å². The molecule has 33 heavy (non-hydrogen) atoms. The van der Waals surface area contributed by atoms with Gasteiger partial charge < -0.3 is 14.5 Å². The second-order valence-electron chi connectivity index (χ2n) is 8.47. The Labute approximate surface area is 192 Å². The van der Waals surface area contributed by atoms with Crippen LogP contribution in [0.4, 0.5) is 5.69 Å². The van der Waals surface area contributed by atoms with Crippen LogP contribution in [-0.4, -0.2) is 22.7 Å². The molecule has 1 N–H and O–H groups in total. The minimum atomic E-state index is -0.177. The highest BCUT2D eigenvalue weighted by Gasteiger charge is 2.21. The van der Waals surface area contributed by atoms with Crippen molar-refractivity contribution in [2.24, 2.45) is 5.92 Å². The average molecular weight is 440 g/mol. The highest BCUT2D eigenvalue weighted by Crippen LogP contribution is 2.29. The summed E-state index contributed by atoms with van der Waals surface area (Å²) in [6.07, 6.45) is 2.55. The lowest BCUT2D eigenvalue weighted by atomic mass is 10.1. The SMILES string of the molecule is Cc1cccc(-c2nnc(-c3ccc(C(=O)Nc4cccc(COCC5CC5)c4)cc3)o2)c1. The zero-order valence-electron chi connectivity index (χ0n) is 18.5. The average Bonchev–Trinajstić information content (AvgIpc) is 3.52. The Morgan fingerprint density at radius 1 is 0.970 bits per heavy atom. The van der Waals surface area contributed by atoms with E-state index in [1.54, 1.807) is 12.1 Å². The van der Waals surface area contributed by atoms with Crippen molar-refractivity contribution < 1.29 is 13.9 Å². The smallest absolute Gasteiger partial charge is 0.255 e. The maximum absolute atomic E-state index is 12.7. The molecule has 0 radical (unpaired) electrons. The molecule has 1 amide bonds. The van der Waals surface area contributed by atoms with Gasteiger partial charge in [0, 0.05) is 29.0 Å². The van der Waals surface area contributed by atoms with Crippen LogP contribution in [0.3, 0.4) is 0 Å². The molecular formula is C27H25N3O3. The first kappa shape index (κ1) is 21.1. The molecule has 3 aromatic carbocycles. The van der Waals surface area contributed by atoms with E-state index in [0.29, 0.717) is 24.0 Å². The van der Waals surface area contributed by atoms with Gasteiger partial charge in [0.2, 0.25) is 11.8 Å². The number of hydrogen-bond acceptors (Lipinski definition) is 5. The van der Waals surface area contributed by atoms with Gasteiger partial charge >= 0.3 is 0 Å². The fourth-order valence-corrected chi connectivity index (χ4v) is 3.57. The largest absolute Gasteiger partial charge is 0.416 e. The van der Waals surface area contributed by atoms with E-state index < -0.39 is 0 Å². The molecule has 0 spiro atoms. The third-order valence-electron chi connectivity index (χ3n) is 5.59. The molecule has 6 heteroatoms. The van der Waals surface area contributed by atoms with Crippen molar-refractivity contribution >= 4 is 11.6 Å². The van der Waals surface area contributed by atoms with Crippen LogP contribution in [0.15, 0.2) is 77.2 Å². The van der Waals surface area contributed by atoms with Crippen LogP contribution in [0.1, 0.15) is 34.3 Å². The Bertz CT molecular complexity index is 1260. The Morgan fingerprint density at radius 3 is 2.48 bits per heavy atom. The number of rotatable bonds is 8. The van der Waals surface area contributed by atoms with Gasteiger partial charge in [0.1, 0.15) is 0 Å². The number of hydrogen-bond donors (Lipinski definition) is 1. The van der Waals surface area contributed by atoms with Gasteiger partial charge in [-0.25, -0.2) is 0 Å². The van der Waals surface area contributed by atoms with Crippen LogP contribution in [0.25, 0.3) is 22.9 Å². The summed E-state index contributed by atoms with van der Waals surface area (Å²) in [6.45, 7) is 3.39. The van der Waals surface area contributed by atoms with Crippen LogP contribution in [0, 0.1) is 12.8 Å². The normalized spacial score (nSPS) is 13.1. The Kier molecular flexibility index (Phi) is 6.00. The summed E-state index contributed by atoms with van der Waals surface area (Å²) < 4.78 is 11.6. The molecule has 166 valence electrons. The van der Waals surface area contributed by atoms with Crippen LogP contribution >= 0.6 is 0 Å². The number of carbonyl (C=O) groups excluding carboxylic acids is 1. The lowest BCUT2D eigenvalue weighted by Gasteiger charge is -2.08. The van der Waals surface area contributed by atoms with E-state index in [1.807, 2.05) is 67.6 Å². The van der Waals surface area contributed by atoms with E-state index in [2.05, 4.69) is 15.5 Å². The van der Waals surface area contributed by atoms with Gasteiger partial charge in [0.05, 0.1) is 6.61 Å². The number of nitrogens with zero attached hydrogens (tertiary/aromatic N) is 2. The molecule has 5 rings (SSSR count). The lowest BCUT2D eigenvalue weighted by Crippen LogP contribution is -2.12. The summed E-state index contributed by atoms with van der Waals surface area (Å²) in [6, 6.07) is 22.8. The second kappa shape index (κ2) is 9.38. The Hall–Kier alpha value is -3.77. The molecule has 0 bridgehead atoms. The topological polar surface area (TPSA) is 77.2 Å². The summed E-state index contributed by atoms with van der Waals surface area (Å²) in [5.74, 6) is 1.44. The molecule has 0 atom stereocenters. The number of aryl methyl sites for hydroxylation is 1. The molecule has 1 aliphatic carbocycles. The molecule has 1 saturated carbocycles. The minimum Gasteiger partial charge on any atom is -0.416 e. The molecule has 0 aliphatic heterocycles. The van der Waals surface area contributed by atoms with Gasteiger partial charge in [-0.05, 0) is 79.8 Å². The molecule has 0 unspecified atom stereocenters. The number of carbonyl (C=O) groups is 1. The summed E-state index contributed by atoms with van der Waals surface area (Å²) in [5, 5.41) is 11.3. The van der Waals surface area contributed by atoms with Crippen molar-refractivity contribution in [2.75, 3.05) is 11.9 Å².